The largest absolute Gasteiger partial charge is 0.497 e. The quantitative estimate of drug-likeness (QED) is 0.415. The standard InChI is InChI=1S/C20H15ClN2O4S/c1-27-15-6-4-5-14(12-15)22-20(24)13-9-10-19(17(11-13)23(25)26)28-18-8-3-2-7-16(18)21/h2-12H,1H3,(H,22,24). The Balaban J connectivity index is 1.86. The molecule has 0 bridgehead atoms. The molecule has 0 saturated carbocycles. The van der Waals surface area contributed by atoms with Crippen molar-refractivity contribution < 1.29 is 14.5 Å². The van der Waals surface area contributed by atoms with Crippen molar-refractivity contribution in [3.63, 3.8) is 0 Å². The van der Waals surface area contributed by atoms with Crippen LogP contribution >= 0.6 is 23.4 Å². The van der Waals surface area contributed by atoms with E-state index in [9.17, 15) is 14.9 Å². The molecule has 0 saturated heterocycles. The highest BCUT2D eigenvalue weighted by atomic mass is 35.5. The van der Waals surface area contributed by atoms with Gasteiger partial charge in [-0.25, -0.2) is 0 Å². The maximum absolute atomic E-state index is 12.5. The number of nitro benzene ring substituents is 1. The van der Waals surface area contributed by atoms with E-state index in [-0.39, 0.29) is 11.3 Å². The van der Waals surface area contributed by atoms with Gasteiger partial charge >= 0.3 is 0 Å². The van der Waals surface area contributed by atoms with Crippen molar-refractivity contribution in [1.29, 1.82) is 0 Å². The summed E-state index contributed by atoms with van der Waals surface area (Å²) < 4.78 is 5.12. The Kier molecular flexibility index (Phi) is 6.18. The van der Waals surface area contributed by atoms with Crippen LogP contribution in [0.3, 0.4) is 0 Å². The molecule has 0 heterocycles. The summed E-state index contributed by atoms with van der Waals surface area (Å²) in [7, 11) is 1.53. The van der Waals surface area contributed by atoms with Crippen LogP contribution in [0.25, 0.3) is 0 Å². The van der Waals surface area contributed by atoms with Crippen LogP contribution < -0.4 is 10.1 Å². The average Bonchev–Trinajstić information content (AvgIpc) is 2.70. The molecule has 0 aliphatic heterocycles. The third-order valence-corrected chi connectivity index (χ3v) is 5.38. The van der Waals surface area contributed by atoms with Gasteiger partial charge in [0.25, 0.3) is 11.6 Å². The number of carbonyl (C=O) groups excluding carboxylic acids is 1. The van der Waals surface area contributed by atoms with E-state index in [2.05, 4.69) is 5.32 Å². The summed E-state index contributed by atoms with van der Waals surface area (Å²) in [6.45, 7) is 0. The second kappa shape index (κ2) is 8.77. The SMILES string of the molecule is COc1cccc(NC(=O)c2ccc(Sc3ccccc3Cl)c([N+](=O)[O-])c2)c1. The van der Waals surface area contributed by atoms with Gasteiger partial charge in [0.2, 0.25) is 0 Å². The van der Waals surface area contributed by atoms with E-state index >= 15 is 0 Å². The van der Waals surface area contributed by atoms with Crippen molar-refractivity contribution in [1.82, 2.24) is 0 Å². The first kappa shape index (κ1) is 19.7. The molecule has 1 N–H and O–H groups in total. The van der Waals surface area contributed by atoms with E-state index in [1.807, 2.05) is 0 Å². The van der Waals surface area contributed by atoms with Crippen molar-refractivity contribution in [2.45, 2.75) is 9.79 Å². The Bertz CT molecular complexity index is 1040. The minimum atomic E-state index is -0.512. The van der Waals surface area contributed by atoms with Crippen molar-refractivity contribution in [3.8, 4) is 5.75 Å². The maximum Gasteiger partial charge on any atom is 0.284 e. The number of amides is 1. The van der Waals surface area contributed by atoms with Crippen LogP contribution in [0.2, 0.25) is 5.02 Å². The normalized spacial score (nSPS) is 10.4. The Hall–Kier alpha value is -3.03. The lowest BCUT2D eigenvalue weighted by molar-refractivity contribution is -0.387. The molecule has 8 heteroatoms. The molecular weight excluding hydrogens is 400 g/mol. The number of nitro groups is 1. The Morgan fingerprint density at radius 2 is 1.86 bits per heavy atom. The van der Waals surface area contributed by atoms with Gasteiger partial charge in [0, 0.05) is 28.3 Å². The van der Waals surface area contributed by atoms with Crippen LogP contribution in [0.5, 0.6) is 5.75 Å². The van der Waals surface area contributed by atoms with Gasteiger partial charge in [-0.05, 0) is 36.4 Å². The van der Waals surface area contributed by atoms with Crippen LogP contribution in [-0.4, -0.2) is 17.9 Å². The molecular formula is C20H15ClN2O4S. The minimum absolute atomic E-state index is 0.164. The summed E-state index contributed by atoms with van der Waals surface area (Å²) in [4.78, 5) is 24.6. The first-order valence-corrected chi connectivity index (χ1v) is 9.33. The fraction of sp³-hybridized carbons (Fsp3) is 0.0500. The van der Waals surface area contributed by atoms with E-state index in [0.717, 1.165) is 0 Å². The number of nitrogens with one attached hydrogen (secondary N) is 1. The molecule has 28 heavy (non-hydrogen) atoms. The Morgan fingerprint density at radius 1 is 1.07 bits per heavy atom. The van der Waals surface area contributed by atoms with Crippen LogP contribution in [0.1, 0.15) is 10.4 Å². The lowest BCUT2D eigenvalue weighted by Gasteiger charge is -2.09. The second-order valence-corrected chi connectivity index (χ2v) is 7.15. The molecule has 0 unspecified atom stereocenters. The molecule has 0 aliphatic rings. The van der Waals surface area contributed by atoms with E-state index < -0.39 is 10.8 Å². The molecule has 6 nitrogen and oxygen atoms in total. The fourth-order valence-corrected chi connectivity index (χ4v) is 3.61. The van der Waals surface area contributed by atoms with Gasteiger partial charge in [0.05, 0.1) is 22.0 Å². The van der Waals surface area contributed by atoms with Gasteiger partial charge in [0.1, 0.15) is 5.75 Å². The number of methoxy groups -OCH3 is 1. The van der Waals surface area contributed by atoms with E-state index in [1.54, 1.807) is 60.7 Å². The second-order valence-electron chi connectivity index (χ2n) is 5.66. The Labute approximate surface area is 170 Å². The molecule has 0 radical (unpaired) electrons. The van der Waals surface area contributed by atoms with Gasteiger partial charge in [-0.3, -0.25) is 14.9 Å². The summed E-state index contributed by atoms with van der Waals surface area (Å²) in [6.07, 6.45) is 0. The molecule has 3 aromatic carbocycles. The monoisotopic (exact) mass is 414 g/mol. The highest BCUT2D eigenvalue weighted by molar-refractivity contribution is 7.99. The highest BCUT2D eigenvalue weighted by Crippen LogP contribution is 2.38. The lowest BCUT2D eigenvalue weighted by Crippen LogP contribution is -2.12. The summed E-state index contributed by atoms with van der Waals surface area (Å²) in [6, 6.07) is 18.3. The van der Waals surface area contributed by atoms with Gasteiger partial charge in [-0.1, -0.05) is 41.6 Å². The number of anilines is 1. The molecule has 0 fully saturated rings. The highest BCUT2D eigenvalue weighted by Gasteiger charge is 2.19. The van der Waals surface area contributed by atoms with Crippen LogP contribution in [0.15, 0.2) is 76.5 Å². The van der Waals surface area contributed by atoms with Crippen molar-refractivity contribution in [2.24, 2.45) is 0 Å². The van der Waals surface area contributed by atoms with Gasteiger partial charge in [-0.2, -0.15) is 0 Å². The van der Waals surface area contributed by atoms with E-state index in [0.29, 0.717) is 26.3 Å². The van der Waals surface area contributed by atoms with Crippen LogP contribution in [0, 0.1) is 10.1 Å². The molecule has 0 aromatic heterocycles. The number of hydrogen-bond donors (Lipinski definition) is 1. The molecule has 0 spiro atoms. The summed E-state index contributed by atoms with van der Waals surface area (Å²) in [5.41, 5.74) is 0.544. The van der Waals surface area contributed by atoms with Crippen molar-refractivity contribution in [3.05, 3.63) is 87.4 Å². The predicted molar refractivity (Wildman–Crippen MR) is 110 cm³/mol. The third kappa shape index (κ3) is 4.62. The number of benzene rings is 3. The molecule has 0 atom stereocenters. The van der Waals surface area contributed by atoms with Crippen molar-refractivity contribution >= 4 is 40.6 Å². The molecule has 3 rings (SSSR count). The molecule has 3 aromatic rings. The molecule has 142 valence electrons. The van der Waals surface area contributed by atoms with Gasteiger partial charge in [0.15, 0.2) is 0 Å². The summed E-state index contributed by atoms with van der Waals surface area (Å²) in [5, 5.41) is 14.7. The number of rotatable bonds is 6. The third-order valence-electron chi connectivity index (χ3n) is 3.80. The number of halogens is 1. The van der Waals surface area contributed by atoms with Crippen LogP contribution in [-0.2, 0) is 0 Å². The summed E-state index contributed by atoms with van der Waals surface area (Å²) >= 11 is 7.31. The Morgan fingerprint density at radius 3 is 2.57 bits per heavy atom. The van der Waals surface area contributed by atoms with Crippen molar-refractivity contribution in [2.75, 3.05) is 12.4 Å². The molecule has 0 aliphatic carbocycles. The molecule has 1 amide bonds. The first-order chi connectivity index (χ1) is 13.5. The zero-order valence-corrected chi connectivity index (χ0v) is 16.3. The maximum atomic E-state index is 12.5. The van der Waals surface area contributed by atoms with Crippen LogP contribution in [0.4, 0.5) is 11.4 Å². The lowest BCUT2D eigenvalue weighted by atomic mass is 10.2. The van der Waals surface area contributed by atoms with Gasteiger partial charge < -0.3 is 10.1 Å². The summed E-state index contributed by atoms with van der Waals surface area (Å²) in [5.74, 6) is 0.140. The zero-order chi connectivity index (χ0) is 20.1. The predicted octanol–water partition coefficient (Wildman–Crippen LogP) is 5.66. The number of carbonyl (C=O) groups is 1. The zero-order valence-electron chi connectivity index (χ0n) is 14.7. The van der Waals surface area contributed by atoms with Gasteiger partial charge in [-0.15, -0.1) is 0 Å². The van der Waals surface area contributed by atoms with E-state index in [4.69, 9.17) is 16.3 Å². The number of nitrogens with zero attached hydrogens (tertiary/aromatic N) is 1. The number of hydrogen-bond acceptors (Lipinski definition) is 5. The smallest absolute Gasteiger partial charge is 0.284 e. The minimum Gasteiger partial charge on any atom is -0.497 e. The average molecular weight is 415 g/mol. The fourth-order valence-electron chi connectivity index (χ4n) is 2.44. The van der Waals surface area contributed by atoms with E-state index in [1.165, 1.54) is 24.9 Å². The number of ether oxygens (including phenoxy) is 1. The topological polar surface area (TPSA) is 81.5 Å². The first-order valence-electron chi connectivity index (χ1n) is 8.14.